The van der Waals surface area contributed by atoms with Crippen molar-refractivity contribution in [2.24, 2.45) is 5.92 Å². The normalized spacial score (nSPS) is 15.4. The van der Waals surface area contributed by atoms with Crippen molar-refractivity contribution in [2.45, 2.75) is 39.3 Å². The lowest BCUT2D eigenvalue weighted by Crippen LogP contribution is -2.33. The van der Waals surface area contributed by atoms with E-state index in [1.54, 1.807) is 0 Å². The molecule has 1 saturated carbocycles. The number of nitrogens with zero attached hydrogens (tertiary/aromatic N) is 1. The van der Waals surface area contributed by atoms with E-state index in [1.807, 2.05) is 12.1 Å². The molecule has 1 aromatic rings. The number of hydrogen-bond donors (Lipinski definition) is 1. The highest BCUT2D eigenvalue weighted by atomic mass is 35.5. The van der Waals surface area contributed by atoms with Gasteiger partial charge < -0.3 is 10.0 Å². The van der Waals surface area contributed by atoms with E-state index in [0.717, 1.165) is 23.7 Å². The summed E-state index contributed by atoms with van der Waals surface area (Å²) >= 11 is 6.14. The highest BCUT2D eigenvalue weighted by Crippen LogP contribution is 2.35. The molecule has 0 atom stereocenters. The third-order valence-electron chi connectivity index (χ3n) is 3.34. The van der Waals surface area contributed by atoms with Crippen LogP contribution in [0.5, 0.6) is 0 Å². The lowest BCUT2D eigenvalue weighted by Gasteiger charge is -2.31. The van der Waals surface area contributed by atoms with Gasteiger partial charge in [-0.3, -0.25) is 0 Å². The first kappa shape index (κ1) is 12.7. The van der Waals surface area contributed by atoms with Gasteiger partial charge in [0, 0.05) is 28.9 Å². The van der Waals surface area contributed by atoms with Crippen LogP contribution in [0, 0.1) is 5.92 Å². The van der Waals surface area contributed by atoms with E-state index in [1.165, 1.54) is 12.8 Å². The first-order chi connectivity index (χ1) is 8.13. The Labute approximate surface area is 108 Å². The number of rotatable bonds is 5. The summed E-state index contributed by atoms with van der Waals surface area (Å²) in [6.45, 7) is 5.45. The first-order valence-corrected chi connectivity index (χ1v) is 6.66. The van der Waals surface area contributed by atoms with Crippen LogP contribution in [0.3, 0.4) is 0 Å². The zero-order valence-corrected chi connectivity index (χ0v) is 11.2. The number of benzene rings is 1. The molecule has 94 valence electrons. The van der Waals surface area contributed by atoms with E-state index >= 15 is 0 Å². The van der Waals surface area contributed by atoms with Gasteiger partial charge in [-0.2, -0.15) is 0 Å². The zero-order chi connectivity index (χ0) is 12.4. The molecule has 1 aromatic carbocycles. The fourth-order valence-electron chi connectivity index (χ4n) is 2.14. The molecule has 0 heterocycles. The maximum Gasteiger partial charge on any atom is 0.0716 e. The number of aliphatic hydroxyl groups is 1. The highest BCUT2D eigenvalue weighted by Gasteiger charge is 2.26. The Bertz CT molecular complexity index is 388. The molecule has 0 aromatic heterocycles. The number of anilines is 1. The lowest BCUT2D eigenvalue weighted by molar-refractivity contribution is 0.282. The Kier molecular flexibility index (Phi) is 3.95. The smallest absolute Gasteiger partial charge is 0.0716 e. The molecular formula is C14H20ClNO. The maximum atomic E-state index is 9.47. The van der Waals surface area contributed by atoms with Gasteiger partial charge in [0.25, 0.3) is 0 Å². The summed E-state index contributed by atoms with van der Waals surface area (Å²) in [5.74, 6) is 0.822. The van der Waals surface area contributed by atoms with Gasteiger partial charge in [-0.25, -0.2) is 0 Å². The average molecular weight is 254 g/mol. The van der Waals surface area contributed by atoms with E-state index in [2.05, 4.69) is 24.8 Å². The third-order valence-corrected chi connectivity index (χ3v) is 3.69. The largest absolute Gasteiger partial charge is 0.392 e. The Morgan fingerprint density at radius 3 is 2.65 bits per heavy atom. The van der Waals surface area contributed by atoms with Gasteiger partial charge in [-0.15, -0.1) is 0 Å². The standard InChI is InChI=1S/C14H20ClNO/c1-10(2)16(8-11-6-7-11)14-5-3-4-13(15)12(14)9-17/h3-5,10-11,17H,6-9H2,1-2H3. The predicted octanol–water partition coefficient (Wildman–Crippen LogP) is 3.46. The quantitative estimate of drug-likeness (QED) is 0.869. The average Bonchev–Trinajstić information content (AvgIpc) is 3.09. The molecule has 0 radical (unpaired) electrons. The molecule has 1 aliphatic rings. The summed E-state index contributed by atoms with van der Waals surface area (Å²) < 4.78 is 0. The predicted molar refractivity (Wildman–Crippen MR) is 72.6 cm³/mol. The molecule has 0 bridgehead atoms. The second-order valence-corrected chi connectivity index (χ2v) is 5.49. The van der Waals surface area contributed by atoms with Gasteiger partial charge in [0.1, 0.15) is 0 Å². The molecule has 0 amide bonds. The van der Waals surface area contributed by atoms with E-state index < -0.39 is 0 Å². The van der Waals surface area contributed by atoms with Gasteiger partial charge in [0.15, 0.2) is 0 Å². The monoisotopic (exact) mass is 253 g/mol. The highest BCUT2D eigenvalue weighted by molar-refractivity contribution is 6.31. The van der Waals surface area contributed by atoms with Gasteiger partial charge in [0.2, 0.25) is 0 Å². The molecule has 3 heteroatoms. The van der Waals surface area contributed by atoms with Crippen LogP contribution in [-0.4, -0.2) is 17.7 Å². The Morgan fingerprint density at radius 2 is 2.12 bits per heavy atom. The van der Waals surface area contributed by atoms with E-state index in [9.17, 15) is 5.11 Å². The molecule has 1 fully saturated rings. The molecular weight excluding hydrogens is 234 g/mol. The molecule has 2 rings (SSSR count). The van der Waals surface area contributed by atoms with Crippen LogP contribution < -0.4 is 4.90 Å². The summed E-state index contributed by atoms with van der Waals surface area (Å²) in [6, 6.07) is 6.28. The van der Waals surface area contributed by atoms with Crippen molar-refractivity contribution in [1.82, 2.24) is 0 Å². The lowest BCUT2D eigenvalue weighted by atomic mass is 10.1. The van der Waals surface area contributed by atoms with E-state index in [-0.39, 0.29) is 6.61 Å². The van der Waals surface area contributed by atoms with Crippen molar-refractivity contribution in [3.8, 4) is 0 Å². The molecule has 0 unspecified atom stereocenters. The number of hydrogen-bond acceptors (Lipinski definition) is 2. The van der Waals surface area contributed by atoms with E-state index in [4.69, 9.17) is 11.6 Å². The van der Waals surface area contributed by atoms with Crippen molar-refractivity contribution in [1.29, 1.82) is 0 Å². The maximum absolute atomic E-state index is 9.47. The van der Waals surface area contributed by atoms with Crippen LogP contribution in [0.2, 0.25) is 5.02 Å². The van der Waals surface area contributed by atoms with E-state index in [0.29, 0.717) is 11.1 Å². The van der Waals surface area contributed by atoms with Crippen LogP contribution in [0.1, 0.15) is 32.3 Å². The molecule has 0 saturated heterocycles. The van der Waals surface area contributed by atoms with Crippen LogP contribution in [0.25, 0.3) is 0 Å². The molecule has 2 nitrogen and oxygen atoms in total. The van der Waals surface area contributed by atoms with Gasteiger partial charge in [-0.05, 0) is 44.7 Å². The second-order valence-electron chi connectivity index (χ2n) is 5.09. The zero-order valence-electron chi connectivity index (χ0n) is 10.5. The number of aliphatic hydroxyl groups excluding tert-OH is 1. The summed E-state index contributed by atoms with van der Waals surface area (Å²) in [4.78, 5) is 2.36. The number of halogens is 1. The topological polar surface area (TPSA) is 23.5 Å². The van der Waals surface area contributed by atoms with Crippen molar-refractivity contribution in [3.05, 3.63) is 28.8 Å². The van der Waals surface area contributed by atoms with Gasteiger partial charge in [-0.1, -0.05) is 17.7 Å². The minimum Gasteiger partial charge on any atom is -0.392 e. The fraction of sp³-hybridized carbons (Fsp3) is 0.571. The molecule has 1 N–H and O–H groups in total. The summed E-state index contributed by atoms with van der Waals surface area (Å²) in [5, 5.41) is 10.1. The van der Waals surface area contributed by atoms with Gasteiger partial charge >= 0.3 is 0 Å². The molecule has 0 spiro atoms. The van der Waals surface area contributed by atoms with Gasteiger partial charge in [0.05, 0.1) is 6.61 Å². The van der Waals surface area contributed by atoms with Crippen molar-refractivity contribution in [3.63, 3.8) is 0 Å². The van der Waals surface area contributed by atoms with Crippen molar-refractivity contribution < 1.29 is 5.11 Å². The fourth-order valence-corrected chi connectivity index (χ4v) is 2.37. The van der Waals surface area contributed by atoms with Crippen molar-refractivity contribution >= 4 is 17.3 Å². The van der Waals surface area contributed by atoms with Crippen LogP contribution in [0.4, 0.5) is 5.69 Å². The Balaban J connectivity index is 2.30. The second kappa shape index (κ2) is 5.28. The first-order valence-electron chi connectivity index (χ1n) is 6.28. The Morgan fingerprint density at radius 1 is 1.41 bits per heavy atom. The molecule has 1 aliphatic carbocycles. The Hall–Kier alpha value is -0.730. The molecule has 17 heavy (non-hydrogen) atoms. The van der Waals surface area contributed by atoms with Crippen molar-refractivity contribution in [2.75, 3.05) is 11.4 Å². The summed E-state index contributed by atoms with van der Waals surface area (Å²) in [5.41, 5.74) is 1.94. The minimum atomic E-state index is 0.00287. The summed E-state index contributed by atoms with van der Waals surface area (Å²) in [6.07, 6.45) is 2.66. The summed E-state index contributed by atoms with van der Waals surface area (Å²) in [7, 11) is 0. The minimum absolute atomic E-state index is 0.00287. The molecule has 0 aliphatic heterocycles. The van der Waals surface area contributed by atoms with Crippen LogP contribution in [0.15, 0.2) is 18.2 Å². The third kappa shape index (κ3) is 2.93. The van der Waals surface area contributed by atoms with Crippen LogP contribution >= 0.6 is 11.6 Å². The SMILES string of the molecule is CC(C)N(CC1CC1)c1cccc(Cl)c1CO. The van der Waals surface area contributed by atoms with Crippen LogP contribution in [-0.2, 0) is 6.61 Å².